The largest absolute Gasteiger partial charge is 0.496 e. The van der Waals surface area contributed by atoms with Gasteiger partial charge in [0.1, 0.15) is 11.8 Å². The maximum absolute atomic E-state index is 12.0. The minimum absolute atomic E-state index is 0.307. The van der Waals surface area contributed by atoms with Crippen molar-refractivity contribution in [2.45, 2.75) is 32.2 Å². The lowest BCUT2D eigenvalue weighted by Gasteiger charge is -2.17. The Kier molecular flexibility index (Phi) is 8.34. The van der Waals surface area contributed by atoms with Crippen LogP contribution in [0.2, 0.25) is 0 Å². The van der Waals surface area contributed by atoms with Crippen LogP contribution < -0.4 is 10.1 Å². The molecule has 2 aromatic rings. The summed E-state index contributed by atoms with van der Waals surface area (Å²) in [7, 11) is 2.93. The van der Waals surface area contributed by atoms with Crippen LogP contribution in [0.4, 0.5) is 4.79 Å². The van der Waals surface area contributed by atoms with Crippen LogP contribution in [0.15, 0.2) is 48.5 Å². The van der Waals surface area contributed by atoms with Crippen molar-refractivity contribution < 1.29 is 23.8 Å². The molecule has 150 valence electrons. The van der Waals surface area contributed by atoms with Crippen molar-refractivity contribution >= 4 is 12.1 Å². The monoisotopic (exact) mass is 385 g/mol. The van der Waals surface area contributed by atoms with Gasteiger partial charge in [0.2, 0.25) is 0 Å². The predicted molar refractivity (Wildman–Crippen MR) is 107 cm³/mol. The smallest absolute Gasteiger partial charge is 0.407 e. The zero-order valence-electron chi connectivity index (χ0n) is 16.6. The summed E-state index contributed by atoms with van der Waals surface area (Å²) in [6, 6.07) is 14.7. The molecule has 0 aliphatic carbocycles. The average Bonchev–Trinajstić information content (AvgIpc) is 2.73. The molecule has 1 unspecified atom stereocenters. The number of unbranched alkanes of at least 4 members (excludes halogenated alkanes) is 1. The third-order valence-corrected chi connectivity index (χ3v) is 4.32. The molecule has 0 saturated carbocycles. The highest BCUT2D eigenvalue weighted by molar-refractivity contribution is 5.81. The summed E-state index contributed by atoms with van der Waals surface area (Å²) < 4.78 is 15.3. The van der Waals surface area contributed by atoms with Crippen LogP contribution in [0, 0.1) is 0 Å². The molecule has 0 fully saturated rings. The molecule has 6 heteroatoms. The van der Waals surface area contributed by atoms with Gasteiger partial charge in [0.25, 0.3) is 0 Å². The number of benzene rings is 2. The molecule has 0 saturated heterocycles. The van der Waals surface area contributed by atoms with Crippen molar-refractivity contribution in [1.82, 2.24) is 5.32 Å². The zero-order chi connectivity index (χ0) is 20.4. The quantitative estimate of drug-likeness (QED) is 0.522. The van der Waals surface area contributed by atoms with Gasteiger partial charge in [-0.05, 0) is 23.6 Å². The van der Waals surface area contributed by atoms with E-state index in [1.165, 1.54) is 7.11 Å². The first-order valence-corrected chi connectivity index (χ1v) is 9.32. The minimum atomic E-state index is -0.809. The highest BCUT2D eigenvalue weighted by Gasteiger charge is 2.22. The maximum Gasteiger partial charge on any atom is 0.407 e. The lowest BCUT2D eigenvalue weighted by Crippen LogP contribution is -2.43. The van der Waals surface area contributed by atoms with Crippen LogP contribution in [-0.2, 0) is 20.7 Å². The van der Waals surface area contributed by atoms with Crippen LogP contribution >= 0.6 is 0 Å². The molecule has 0 bridgehead atoms. The number of hydrogen-bond acceptors (Lipinski definition) is 5. The first-order chi connectivity index (χ1) is 13.6. The standard InChI is InChI=1S/C22H27NO5/c1-4-5-14-28-22(25)23-19(21(24)27-3)15-16-10-12-17(13-11-16)18-8-6-7-9-20(18)26-2/h6-13,19H,4-5,14-15H2,1-3H3,(H,23,25). The lowest BCUT2D eigenvalue weighted by atomic mass is 10.00. The number of nitrogens with one attached hydrogen (secondary N) is 1. The van der Waals surface area contributed by atoms with Crippen molar-refractivity contribution in [2.24, 2.45) is 0 Å². The summed E-state index contributed by atoms with van der Waals surface area (Å²) in [4.78, 5) is 23.9. The molecule has 6 nitrogen and oxygen atoms in total. The topological polar surface area (TPSA) is 73.9 Å². The number of hydrogen-bond donors (Lipinski definition) is 1. The van der Waals surface area contributed by atoms with Gasteiger partial charge in [0.05, 0.1) is 20.8 Å². The molecule has 1 amide bonds. The van der Waals surface area contributed by atoms with E-state index in [1.807, 2.05) is 55.5 Å². The normalized spacial score (nSPS) is 11.4. The summed E-state index contributed by atoms with van der Waals surface area (Å²) in [6.45, 7) is 2.33. The van der Waals surface area contributed by atoms with Gasteiger partial charge in [-0.3, -0.25) is 0 Å². The second-order valence-corrected chi connectivity index (χ2v) is 6.31. The Morgan fingerprint density at radius 2 is 1.75 bits per heavy atom. The van der Waals surface area contributed by atoms with Crippen molar-refractivity contribution in [3.8, 4) is 16.9 Å². The third kappa shape index (κ3) is 6.01. The zero-order valence-corrected chi connectivity index (χ0v) is 16.6. The summed E-state index contributed by atoms with van der Waals surface area (Å²) in [5, 5.41) is 2.58. The number of methoxy groups -OCH3 is 2. The number of rotatable bonds is 9. The molecule has 1 N–H and O–H groups in total. The lowest BCUT2D eigenvalue weighted by molar-refractivity contribution is -0.142. The van der Waals surface area contributed by atoms with E-state index in [-0.39, 0.29) is 0 Å². The van der Waals surface area contributed by atoms with Crippen molar-refractivity contribution in [1.29, 1.82) is 0 Å². The number of amides is 1. The van der Waals surface area contributed by atoms with Crippen molar-refractivity contribution in [3.05, 3.63) is 54.1 Å². The number of para-hydroxylation sites is 1. The SMILES string of the molecule is CCCCOC(=O)NC(Cc1ccc(-c2ccccc2OC)cc1)C(=O)OC. The second kappa shape index (κ2) is 11.0. The number of carbonyl (C=O) groups excluding carboxylic acids is 2. The van der Waals surface area contributed by atoms with Crippen LogP contribution in [0.5, 0.6) is 5.75 Å². The number of carbonyl (C=O) groups is 2. The fourth-order valence-corrected chi connectivity index (χ4v) is 2.77. The van der Waals surface area contributed by atoms with E-state index in [1.54, 1.807) is 7.11 Å². The Bertz CT molecular complexity index is 773. The molecule has 2 rings (SSSR count). The molecule has 0 aliphatic rings. The Balaban J connectivity index is 2.07. The summed E-state index contributed by atoms with van der Waals surface area (Å²) in [5.74, 6) is 0.278. The van der Waals surface area contributed by atoms with Crippen molar-refractivity contribution in [3.63, 3.8) is 0 Å². The first-order valence-electron chi connectivity index (χ1n) is 9.32. The minimum Gasteiger partial charge on any atom is -0.496 e. The summed E-state index contributed by atoms with van der Waals surface area (Å²) >= 11 is 0. The highest BCUT2D eigenvalue weighted by Crippen LogP contribution is 2.29. The molecule has 2 aromatic carbocycles. The van der Waals surface area contributed by atoms with Gasteiger partial charge in [-0.15, -0.1) is 0 Å². The summed E-state index contributed by atoms with van der Waals surface area (Å²) in [6.07, 6.45) is 1.39. The van der Waals surface area contributed by atoms with Crippen molar-refractivity contribution in [2.75, 3.05) is 20.8 Å². The van der Waals surface area contributed by atoms with E-state index in [4.69, 9.17) is 14.2 Å². The molecular formula is C22H27NO5. The van der Waals surface area contributed by atoms with E-state index >= 15 is 0 Å². The van der Waals surface area contributed by atoms with E-state index in [2.05, 4.69) is 5.32 Å². The van der Waals surface area contributed by atoms with Gasteiger partial charge < -0.3 is 19.5 Å². The fourth-order valence-electron chi connectivity index (χ4n) is 2.77. The molecule has 28 heavy (non-hydrogen) atoms. The Hall–Kier alpha value is -3.02. The van der Waals surface area contributed by atoms with Gasteiger partial charge in [0, 0.05) is 12.0 Å². The van der Waals surface area contributed by atoms with Gasteiger partial charge >= 0.3 is 12.1 Å². The van der Waals surface area contributed by atoms with Crippen LogP contribution in [0.1, 0.15) is 25.3 Å². The van der Waals surface area contributed by atoms with Gasteiger partial charge in [-0.1, -0.05) is 55.8 Å². The molecule has 0 aromatic heterocycles. The van der Waals surface area contributed by atoms with E-state index in [9.17, 15) is 9.59 Å². The van der Waals surface area contributed by atoms with Crippen LogP contribution in [0.3, 0.4) is 0 Å². The van der Waals surface area contributed by atoms with Gasteiger partial charge in [-0.2, -0.15) is 0 Å². The Labute approximate surface area is 165 Å². The predicted octanol–water partition coefficient (Wildman–Crippen LogP) is 3.97. The fraction of sp³-hybridized carbons (Fsp3) is 0.364. The highest BCUT2D eigenvalue weighted by atomic mass is 16.6. The molecule has 0 heterocycles. The van der Waals surface area contributed by atoms with Crippen LogP contribution in [-0.4, -0.2) is 38.9 Å². The molecule has 0 radical (unpaired) electrons. The Morgan fingerprint density at radius 1 is 1.04 bits per heavy atom. The Morgan fingerprint density at radius 3 is 2.39 bits per heavy atom. The summed E-state index contributed by atoms with van der Waals surface area (Å²) in [5.41, 5.74) is 2.88. The number of ether oxygens (including phenoxy) is 3. The maximum atomic E-state index is 12.0. The van der Waals surface area contributed by atoms with Crippen LogP contribution in [0.25, 0.3) is 11.1 Å². The second-order valence-electron chi connectivity index (χ2n) is 6.31. The molecular weight excluding hydrogens is 358 g/mol. The van der Waals surface area contributed by atoms with Gasteiger partial charge in [0.15, 0.2) is 0 Å². The average molecular weight is 385 g/mol. The van der Waals surface area contributed by atoms with E-state index < -0.39 is 18.1 Å². The van der Waals surface area contributed by atoms with Gasteiger partial charge in [-0.25, -0.2) is 9.59 Å². The number of esters is 1. The molecule has 1 atom stereocenters. The first kappa shape index (κ1) is 21.3. The molecule has 0 spiro atoms. The van der Waals surface area contributed by atoms with E-state index in [0.29, 0.717) is 13.0 Å². The third-order valence-electron chi connectivity index (χ3n) is 4.32. The van der Waals surface area contributed by atoms with E-state index in [0.717, 1.165) is 35.3 Å². The molecule has 0 aliphatic heterocycles. The number of alkyl carbamates (subject to hydrolysis) is 1.